The van der Waals surface area contributed by atoms with E-state index >= 15 is 0 Å². The molecule has 0 unspecified atom stereocenters. The Balaban J connectivity index is 1.48. The molecule has 2 heterocycles. The van der Waals surface area contributed by atoms with Crippen LogP contribution < -0.4 is 5.32 Å². The topological polar surface area (TPSA) is 62.3 Å². The molecule has 5 nitrogen and oxygen atoms in total. The summed E-state index contributed by atoms with van der Waals surface area (Å²) in [7, 11) is 0. The van der Waals surface area contributed by atoms with Crippen molar-refractivity contribution in [2.75, 3.05) is 13.1 Å². The Labute approximate surface area is 122 Å². The monoisotopic (exact) mass is 293 g/mol. The Bertz CT molecular complexity index is 524. The van der Waals surface area contributed by atoms with Crippen LogP contribution in [-0.4, -0.2) is 34.8 Å². The lowest BCUT2D eigenvalue weighted by atomic mass is 10.1. The average molecular weight is 293 g/mol. The normalized spacial score (nSPS) is 22.4. The predicted octanol–water partition coefficient (Wildman–Crippen LogP) is 1.33. The van der Waals surface area contributed by atoms with Crippen molar-refractivity contribution in [3.8, 4) is 0 Å². The van der Waals surface area contributed by atoms with E-state index in [2.05, 4.69) is 10.3 Å². The quantitative estimate of drug-likeness (QED) is 0.891. The molecular formula is C14H19N3O2S. The zero-order valence-corrected chi connectivity index (χ0v) is 12.4. The number of nitrogens with one attached hydrogen (secondary N) is 1. The first-order valence-electron chi connectivity index (χ1n) is 7.08. The van der Waals surface area contributed by atoms with Gasteiger partial charge in [-0.1, -0.05) is 0 Å². The summed E-state index contributed by atoms with van der Waals surface area (Å²) in [4.78, 5) is 30.1. The highest BCUT2D eigenvalue weighted by molar-refractivity contribution is 7.09. The number of carbonyl (C=O) groups excluding carboxylic acids is 2. The van der Waals surface area contributed by atoms with Gasteiger partial charge in [0.05, 0.1) is 12.5 Å². The number of aromatic nitrogens is 1. The van der Waals surface area contributed by atoms with E-state index < -0.39 is 0 Å². The first-order valence-corrected chi connectivity index (χ1v) is 7.96. The van der Waals surface area contributed by atoms with Gasteiger partial charge in [0.1, 0.15) is 5.01 Å². The molecule has 0 radical (unpaired) electrons. The highest BCUT2D eigenvalue weighted by atomic mass is 32.1. The molecule has 1 saturated heterocycles. The van der Waals surface area contributed by atoms with Crippen LogP contribution in [0.15, 0.2) is 5.38 Å². The van der Waals surface area contributed by atoms with Crippen LogP contribution in [-0.2, 0) is 16.1 Å². The van der Waals surface area contributed by atoms with E-state index in [9.17, 15) is 9.59 Å². The van der Waals surface area contributed by atoms with Crippen LogP contribution in [0.4, 0.5) is 0 Å². The lowest BCUT2D eigenvalue weighted by molar-refractivity contribution is -0.129. The van der Waals surface area contributed by atoms with Crippen molar-refractivity contribution in [3.05, 3.63) is 16.1 Å². The molecular weight excluding hydrogens is 274 g/mol. The second-order valence-electron chi connectivity index (χ2n) is 5.74. The zero-order chi connectivity index (χ0) is 14.1. The van der Waals surface area contributed by atoms with Gasteiger partial charge in [0, 0.05) is 30.6 Å². The van der Waals surface area contributed by atoms with Gasteiger partial charge in [-0.15, -0.1) is 11.3 Å². The summed E-state index contributed by atoms with van der Waals surface area (Å²) in [5.74, 6) is 0.591. The lowest BCUT2D eigenvalue weighted by Crippen LogP contribution is -2.33. The fourth-order valence-electron chi connectivity index (χ4n) is 2.53. The third-order valence-corrected chi connectivity index (χ3v) is 4.81. The molecule has 3 rings (SSSR count). The molecule has 20 heavy (non-hydrogen) atoms. The fraction of sp³-hybridized carbons (Fsp3) is 0.643. The number of amides is 2. The van der Waals surface area contributed by atoms with Gasteiger partial charge in [0.25, 0.3) is 0 Å². The maximum Gasteiger partial charge on any atom is 0.225 e. The van der Waals surface area contributed by atoms with Crippen LogP contribution in [0.25, 0.3) is 0 Å². The van der Waals surface area contributed by atoms with E-state index in [0.29, 0.717) is 25.4 Å². The van der Waals surface area contributed by atoms with Gasteiger partial charge in [-0.3, -0.25) is 9.59 Å². The summed E-state index contributed by atoms with van der Waals surface area (Å²) in [5.41, 5.74) is 0.978. The molecule has 0 spiro atoms. The third kappa shape index (κ3) is 3.17. The Morgan fingerprint density at radius 3 is 3.00 bits per heavy atom. The molecule has 0 aromatic carbocycles. The second-order valence-corrected chi connectivity index (χ2v) is 6.69. The molecule has 1 saturated carbocycles. The Kier molecular flexibility index (Phi) is 3.74. The molecule has 2 fully saturated rings. The Morgan fingerprint density at radius 2 is 2.35 bits per heavy atom. The van der Waals surface area contributed by atoms with E-state index in [0.717, 1.165) is 17.2 Å². The molecule has 1 atom stereocenters. The Hall–Kier alpha value is -1.43. The van der Waals surface area contributed by atoms with Crippen molar-refractivity contribution in [3.63, 3.8) is 0 Å². The van der Waals surface area contributed by atoms with Crippen molar-refractivity contribution in [1.29, 1.82) is 0 Å². The molecule has 2 aliphatic rings. The average Bonchev–Trinajstić information content (AvgIpc) is 3.02. The number of carbonyl (C=O) groups is 2. The largest absolute Gasteiger partial charge is 0.349 e. The van der Waals surface area contributed by atoms with E-state index in [1.165, 1.54) is 12.8 Å². The van der Waals surface area contributed by atoms with Gasteiger partial charge in [0.15, 0.2) is 0 Å². The van der Waals surface area contributed by atoms with Crippen molar-refractivity contribution >= 4 is 23.2 Å². The summed E-state index contributed by atoms with van der Waals surface area (Å²) in [6.07, 6.45) is 2.81. The van der Waals surface area contributed by atoms with Gasteiger partial charge in [-0.05, 0) is 25.7 Å². The number of rotatable bonds is 5. The molecule has 1 aromatic heterocycles. The maximum absolute atomic E-state index is 12.1. The van der Waals surface area contributed by atoms with E-state index in [1.807, 2.05) is 17.2 Å². The summed E-state index contributed by atoms with van der Waals surface area (Å²) in [6, 6.07) is 0. The van der Waals surface area contributed by atoms with Gasteiger partial charge in [0.2, 0.25) is 11.8 Å². The van der Waals surface area contributed by atoms with E-state index in [-0.39, 0.29) is 17.7 Å². The third-order valence-electron chi connectivity index (χ3n) is 3.84. The van der Waals surface area contributed by atoms with Crippen LogP contribution in [0.1, 0.15) is 30.0 Å². The van der Waals surface area contributed by atoms with Crippen molar-refractivity contribution in [2.45, 2.75) is 32.7 Å². The SMILES string of the molecule is Cc1csc(CNC(=O)[C@H]2CC(=O)N(CC3CC3)C2)n1. The molecule has 1 aliphatic heterocycles. The lowest BCUT2D eigenvalue weighted by Gasteiger charge is -2.15. The fourth-order valence-corrected chi connectivity index (χ4v) is 3.24. The summed E-state index contributed by atoms with van der Waals surface area (Å²) in [5, 5.41) is 5.78. The summed E-state index contributed by atoms with van der Waals surface area (Å²) >= 11 is 1.55. The van der Waals surface area contributed by atoms with Crippen molar-refractivity contribution in [1.82, 2.24) is 15.2 Å². The first kappa shape index (κ1) is 13.5. The minimum absolute atomic E-state index is 0.0236. The number of aryl methyl sites for hydroxylation is 1. The zero-order valence-electron chi connectivity index (χ0n) is 11.6. The number of hydrogen-bond donors (Lipinski definition) is 1. The Morgan fingerprint density at radius 1 is 1.55 bits per heavy atom. The second kappa shape index (κ2) is 5.52. The first-order chi connectivity index (χ1) is 9.61. The molecule has 6 heteroatoms. The molecule has 1 N–H and O–H groups in total. The molecule has 1 aromatic rings. The van der Waals surface area contributed by atoms with Crippen LogP contribution in [0.2, 0.25) is 0 Å². The molecule has 2 amide bonds. The van der Waals surface area contributed by atoms with Crippen LogP contribution in [0, 0.1) is 18.8 Å². The molecule has 0 bridgehead atoms. The predicted molar refractivity (Wildman–Crippen MR) is 76.1 cm³/mol. The standard InChI is InChI=1S/C14H19N3O2S/c1-9-8-20-12(16-9)5-15-14(19)11-4-13(18)17(7-11)6-10-2-3-10/h8,10-11H,2-7H2,1H3,(H,15,19)/t11-/m0/s1. The number of likely N-dealkylation sites (tertiary alicyclic amines) is 1. The maximum atomic E-state index is 12.1. The van der Waals surface area contributed by atoms with E-state index in [1.54, 1.807) is 11.3 Å². The van der Waals surface area contributed by atoms with Gasteiger partial charge >= 0.3 is 0 Å². The van der Waals surface area contributed by atoms with Crippen LogP contribution in [0.5, 0.6) is 0 Å². The van der Waals surface area contributed by atoms with Crippen molar-refractivity contribution in [2.24, 2.45) is 11.8 Å². The van der Waals surface area contributed by atoms with Crippen LogP contribution in [0.3, 0.4) is 0 Å². The van der Waals surface area contributed by atoms with Crippen LogP contribution >= 0.6 is 11.3 Å². The van der Waals surface area contributed by atoms with Gasteiger partial charge in [-0.2, -0.15) is 0 Å². The minimum Gasteiger partial charge on any atom is -0.349 e. The smallest absolute Gasteiger partial charge is 0.225 e. The summed E-state index contributed by atoms with van der Waals surface area (Å²) < 4.78 is 0. The van der Waals surface area contributed by atoms with Gasteiger partial charge in [-0.25, -0.2) is 4.98 Å². The molecule has 108 valence electrons. The number of hydrogen-bond acceptors (Lipinski definition) is 4. The highest BCUT2D eigenvalue weighted by Crippen LogP contribution is 2.32. The van der Waals surface area contributed by atoms with E-state index in [4.69, 9.17) is 0 Å². The number of nitrogens with zero attached hydrogens (tertiary/aromatic N) is 2. The molecule has 1 aliphatic carbocycles. The summed E-state index contributed by atoms with van der Waals surface area (Å²) in [6.45, 7) is 3.82. The van der Waals surface area contributed by atoms with Crippen molar-refractivity contribution < 1.29 is 9.59 Å². The number of thiazole rings is 1. The highest BCUT2D eigenvalue weighted by Gasteiger charge is 2.36. The minimum atomic E-state index is -0.192. The van der Waals surface area contributed by atoms with Gasteiger partial charge < -0.3 is 10.2 Å².